The maximum absolute atomic E-state index is 4.86. The van der Waals surface area contributed by atoms with E-state index >= 15 is 0 Å². The van der Waals surface area contributed by atoms with Crippen LogP contribution in [0.5, 0.6) is 0 Å². The zero-order valence-electron chi connectivity index (χ0n) is 21.4. The van der Waals surface area contributed by atoms with Gasteiger partial charge in [0.25, 0.3) is 0 Å². The summed E-state index contributed by atoms with van der Waals surface area (Å²) in [6.45, 7) is 15.6. The fourth-order valence-electron chi connectivity index (χ4n) is 6.54. The highest BCUT2D eigenvalue weighted by Gasteiger charge is 2.37. The predicted molar refractivity (Wildman–Crippen MR) is 146 cm³/mol. The number of hydrogen-bond acceptors (Lipinski definition) is 2. The minimum Gasteiger partial charge on any atom is -0.317 e. The monoisotopic (exact) mass is 450 g/mol. The summed E-state index contributed by atoms with van der Waals surface area (Å²) in [5, 5.41) is 3.55. The van der Waals surface area contributed by atoms with Crippen LogP contribution in [0.4, 0.5) is 0 Å². The van der Waals surface area contributed by atoms with E-state index in [2.05, 4.69) is 82.2 Å². The van der Waals surface area contributed by atoms with E-state index in [1.165, 1.54) is 74.9 Å². The van der Waals surface area contributed by atoms with Gasteiger partial charge >= 0.3 is 0 Å². The lowest BCUT2D eigenvalue weighted by Crippen LogP contribution is -2.40. The van der Waals surface area contributed by atoms with E-state index in [0.717, 1.165) is 38.0 Å². The van der Waals surface area contributed by atoms with Crippen molar-refractivity contribution in [2.45, 2.75) is 66.2 Å². The van der Waals surface area contributed by atoms with Crippen LogP contribution in [-0.4, -0.2) is 18.1 Å². The second-order valence-electron chi connectivity index (χ2n) is 10.7. The molecule has 1 fully saturated rings. The molecule has 1 aromatic heterocycles. The molecule has 176 valence electrons. The summed E-state index contributed by atoms with van der Waals surface area (Å²) in [5.41, 5.74) is 14.9. The molecule has 2 nitrogen and oxygen atoms in total. The SMILES string of the molecule is C=C1CC2(CCNCC2)Cc2cc(/C(=C/C)c3cc(C4=C(C)CCC=C4C)cnc3C)ccc21. The number of piperidine rings is 1. The average Bonchev–Trinajstić information content (AvgIpc) is 2.81. The second-order valence-corrected chi connectivity index (χ2v) is 10.7. The minimum absolute atomic E-state index is 0.385. The summed E-state index contributed by atoms with van der Waals surface area (Å²) in [7, 11) is 0. The molecule has 1 aromatic carbocycles. The Morgan fingerprint density at radius 1 is 1.09 bits per heavy atom. The average molecular weight is 451 g/mol. The Morgan fingerprint density at radius 2 is 1.88 bits per heavy atom. The third kappa shape index (κ3) is 4.14. The van der Waals surface area contributed by atoms with Gasteiger partial charge in [0.1, 0.15) is 0 Å². The number of benzene rings is 1. The summed E-state index contributed by atoms with van der Waals surface area (Å²) in [6.07, 6.45) is 13.8. The molecule has 34 heavy (non-hydrogen) atoms. The lowest BCUT2D eigenvalue weighted by molar-refractivity contribution is 0.201. The fraction of sp³-hybridized carbons (Fsp3) is 0.406. The lowest BCUT2D eigenvalue weighted by Gasteiger charge is -2.42. The molecule has 1 saturated heterocycles. The van der Waals surface area contributed by atoms with Crippen LogP contribution in [0, 0.1) is 12.3 Å². The molecule has 0 atom stereocenters. The number of rotatable bonds is 3. The van der Waals surface area contributed by atoms with E-state index < -0.39 is 0 Å². The van der Waals surface area contributed by atoms with E-state index in [0.29, 0.717) is 5.41 Å². The van der Waals surface area contributed by atoms with Crippen LogP contribution in [0.1, 0.15) is 86.4 Å². The highest BCUT2D eigenvalue weighted by molar-refractivity contribution is 5.87. The molecule has 2 aliphatic carbocycles. The van der Waals surface area contributed by atoms with Gasteiger partial charge in [-0.15, -0.1) is 0 Å². The van der Waals surface area contributed by atoms with Gasteiger partial charge in [-0.2, -0.15) is 0 Å². The zero-order valence-corrected chi connectivity index (χ0v) is 21.4. The van der Waals surface area contributed by atoms with Gasteiger partial charge in [0.05, 0.1) is 0 Å². The molecule has 0 bridgehead atoms. The molecule has 3 aliphatic rings. The number of pyridine rings is 1. The van der Waals surface area contributed by atoms with Gasteiger partial charge in [0.2, 0.25) is 0 Å². The Balaban J connectivity index is 1.54. The summed E-state index contributed by atoms with van der Waals surface area (Å²) in [5.74, 6) is 0. The topological polar surface area (TPSA) is 24.9 Å². The van der Waals surface area contributed by atoms with Gasteiger partial charge < -0.3 is 5.32 Å². The van der Waals surface area contributed by atoms with Gasteiger partial charge in [-0.05, 0) is 130 Å². The smallest absolute Gasteiger partial charge is 0.0451 e. The first-order valence-electron chi connectivity index (χ1n) is 12.9. The number of aromatic nitrogens is 1. The van der Waals surface area contributed by atoms with E-state index in [9.17, 15) is 0 Å². The molecule has 2 heteroatoms. The van der Waals surface area contributed by atoms with E-state index in [4.69, 9.17) is 4.98 Å². The molecule has 0 unspecified atom stereocenters. The Hall–Kier alpha value is -2.71. The van der Waals surface area contributed by atoms with Crippen LogP contribution < -0.4 is 5.32 Å². The van der Waals surface area contributed by atoms with E-state index in [1.54, 1.807) is 0 Å². The molecular formula is C32H38N2. The summed E-state index contributed by atoms with van der Waals surface area (Å²) < 4.78 is 0. The molecule has 1 N–H and O–H groups in total. The van der Waals surface area contributed by atoms with Crippen molar-refractivity contribution in [3.8, 4) is 0 Å². The lowest BCUT2D eigenvalue weighted by atomic mass is 9.65. The number of allylic oxidation sites excluding steroid dienone is 6. The Bertz CT molecular complexity index is 1230. The quantitative estimate of drug-likeness (QED) is 0.518. The molecular weight excluding hydrogens is 412 g/mol. The number of hydrogen-bond donors (Lipinski definition) is 1. The molecule has 1 aliphatic heterocycles. The van der Waals surface area contributed by atoms with Crippen LogP contribution in [0.15, 0.2) is 60.3 Å². The first kappa shape index (κ1) is 23.1. The summed E-state index contributed by atoms with van der Waals surface area (Å²) in [4.78, 5) is 4.86. The number of aryl methyl sites for hydroxylation is 1. The van der Waals surface area contributed by atoms with Crippen molar-refractivity contribution in [2.75, 3.05) is 13.1 Å². The molecule has 2 aromatic rings. The molecule has 5 rings (SSSR count). The molecule has 0 amide bonds. The third-order valence-electron chi connectivity index (χ3n) is 8.36. The van der Waals surface area contributed by atoms with Gasteiger partial charge in [0, 0.05) is 23.0 Å². The number of fused-ring (bicyclic) bond motifs is 1. The normalized spacial score (nSPS) is 20.4. The number of nitrogens with one attached hydrogen (secondary N) is 1. The second kappa shape index (κ2) is 9.15. The van der Waals surface area contributed by atoms with Gasteiger partial charge in [-0.1, -0.05) is 42.5 Å². The first-order valence-corrected chi connectivity index (χ1v) is 12.9. The Morgan fingerprint density at radius 3 is 2.62 bits per heavy atom. The van der Waals surface area contributed by atoms with Crippen LogP contribution in [0.25, 0.3) is 16.7 Å². The van der Waals surface area contributed by atoms with Crippen molar-refractivity contribution in [3.63, 3.8) is 0 Å². The van der Waals surface area contributed by atoms with Crippen molar-refractivity contribution >= 4 is 16.7 Å². The van der Waals surface area contributed by atoms with E-state index in [-0.39, 0.29) is 0 Å². The maximum atomic E-state index is 4.86. The van der Waals surface area contributed by atoms with Gasteiger partial charge in [0.15, 0.2) is 0 Å². The highest BCUT2D eigenvalue weighted by atomic mass is 14.9. The largest absolute Gasteiger partial charge is 0.317 e. The van der Waals surface area contributed by atoms with Crippen molar-refractivity contribution in [3.05, 3.63) is 93.9 Å². The minimum atomic E-state index is 0.385. The Labute approximate surface area is 205 Å². The zero-order chi connectivity index (χ0) is 23.9. The molecule has 0 radical (unpaired) electrons. The van der Waals surface area contributed by atoms with Crippen LogP contribution in [0.2, 0.25) is 0 Å². The maximum Gasteiger partial charge on any atom is 0.0451 e. The molecule has 0 saturated carbocycles. The fourth-order valence-corrected chi connectivity index (χ4v) is 6.54. The van der Waals surface area contributed by atoms with E-state index in [1.807, 2.05) is 0 Å². The molecule has 2 heterocycles. The predicted octanol–water partition coefficient (Wildman–Crippen LogP) is 7.68. The third-order valence-corrected chi connectivity index (χ3v) is 8.36. The first-order chi connectivity index (χ1) is 16.4. The Kier molecular flexibility index (Phi) is 6.20. The summed E-state index contributed by atoms with van der Waals surface area (Å²) >= 11 is 0. The van der Waals surface area contributed by atoms with Crippen molar-refractivity contribution in [2.24, 2.45) is 5.41 Å². The van der Waals surface area contributed by atoms with Gasteiger partial charge in [-0.3, -0.25) is 4.98 Å². The van der Waals surface area contributed by atoms with Crippen LogP contribution in [0.3, 0.4) is 0 Å². The number of nitrogens with zero attached hydrogens (tertiary/aromatic N) is 1. The summed E-state index contributed by atoms with van der Waals surface area (Å²) in [6, 6.07) is 9.42. The van der Waals surface area contributed by atoms with Gasteiger partial charge in [-0.25, -0.2) is 0 Å². The van der Waals surface area contributed by atoms with Crippen molar-refractivity contribution in [1.29, 1.82) is 0 Å². The van der Waals surface area contributed by atoms with Crippen LogP contribution >= 0.6 is 0 Å². The van der Waals surface area contributed by atoms with Crippen molar-refractivity contribution < 1.29 is 0 Å². The standard InChI is InChI=1S/C32H38N2/c1-6-28(30-17-27(20-34-24(30)5)31-21(2)8-7-9-22(31)3)25-10-11-29-23(4)18-32(19-26(29)16-25)12-14-33-15-13-32/h6,8,10-11,16-17,20,33H,4,7,9,12-15,18-19H2,1-3,5H3/b28-6-. The van der Waals surface area contributed by atoms with Crippen LogP contribution in [-0.2, 0) is 6.42 Å². The molecule has 1 spiro atoms. The highest BCUT2D eigenvalue weighted by Crippen LogP contribution is 2.47. The van der Waals surface area contributed by atoms with Crippen molar-refractivity contribution in [1.82, 2.24) is 10.3 Å².